The zero-order valence-corrected chi connectivity index (χ0v) is 31.5. The van der Waals surface area contributed by atoms with Gasteiger partial charge in [0.05, 0.1) is 0 Å². The average Bonchev–Trinajstić information content (AvgIpc) is 3.62. The van der Waals surface area contributed by atoms with Gasteiger partial charge in [0, 0.05) is 44.9 Å². The highest BCUT2D eigenvalue weighted by Crippen LogP contribution is 2.46. The second-order valence-corrected chi connectivity index (χ2v) is 14.8. The number of aryl methyl sites for hydroxylation is 4. The number of hydrogen-bond donors (Lipinski definition) is 0. The van der Waals surface area contributed by atoms with Crippen molar-refractivity contribution in [1.29, 1.82) is 0 Å². The summed E-state index contributed by atoms with van der Waals surface area (Å²) in [5.41, 5.74) is 21.2. The van der Waals surface area contributed by atoms with Crippen LogP contribution in [0.4, 0.5) is 34.1 Å². The van der Waals surface area contributed by atoms with Crippen molar-refractivity contribution < 1.29 is 4.42 Å². The molecule has 0 bridgehead atoms. The quantitative estimate of drug-likeness (QED) is 0.155. The zero-order valence-electron chi connectivity index (χ0n) is 31.5. The lowest BCUT2D eigenvalue weighted by atomic mass is 9.33. The van der Waals surface area contributed by atoms with Crippen molar-refractivity contribution in [1.82, 2.24) is 0 Å². The topological polar surface area (TPSA) is 19.6 Å². The van der Waals surface area contributed by atoms with Gasteiger partial charge in [0.1, 0.15) is 11.2 Å². The smallest absolute Gasteiger partial charge is 0.252 e. The molecule has 7 aromatic carbocycles. The summed E-state index contributed by atoms with van der Waals surface area (Å²) in [6.07, 6.45) is 3.95. The molecule has 0 saturated carbocycles. The van der Waals surface area contributed by atoms with Crippen molar-refractivity contribution in [3.05, 3.63) is 162 Å². The van der Waals surface area contributed by atoms with Crippen LogP contribution < -0.4 is 26.2 Å². The van der Waals surface area contributed by atoms with E-state index in [4.69, 9.17) is 4.42 Å². The van der Waals surface area contributed by atoms with Gasteiger partial charge in [-0.3, -0.25) is 0 Å². The minimum atomic E-state index is 0.113. The fourth-order valence-corrected chi connectivity index (χ4v) is 9.18. The minimum Gasteiger partial charge on any atom is -0.456 e. The van der Waals surface area contributed by atoms with Crippen LogP contribution in [0.3, 0.4) is 0 Å². The molecule has 0 radical (unpaired) electrons. The molecule has 10 rings (SSSR count). The van der Waals surface area contributed by atoms with Gasteiger partial charge in [-0.2, -0.15) is 0 Å². The second-order valence-electron chi connectivity index (χ2n) is 14.8. The summed E-state index contributed by atoms with van der Waals surface area (Å²) in [4.78, 5) is 5.04. The summed E-state index contributed by atoms with van der Waals surface area (Å²) in [7, 11) is 0. The molecule has 2 aliphatic rings. The van der Waals surface area contributed by atoms with Gasteiger partial charge >= 0.3 is 0 Å². The molecule has 0 fully saturated rings. The van der Waals surface area contributed by atoms with E-state index in [0.717, 1.165) is 47.9 Å². The molecular weight excluding hydrogens is 655 g/mol. The van der Waals surface area contributed by atoms with Gasteiger partial charge in [0.2, 0.25) is 0 Å². The molecule has 0 N–H and O–H groups in total. The predicted molar refractivity (Wildman–Crippen MR) is 231 cm³/mol. The Bertz CT molecular complexity index is 2740. The summed E-state index contributed by atoms with van der Waals surface area (Å²) in [6.45, 7) is 9.13. The molecule has 0 spiro atoms. The van der Waals surface area contributed by atoms with Gasteiger partial charge in [-0.05, 0) is 136 Å². The standard InChI is InChI=1S/C50H43BN2O/c1-5-32-19-24-36(25-20-32)52-43-27-21-33(6-2)29-41(43)51-42-30-34(7-3)22-28-44(42)53(46-16-12-15-45(52)50(46)51)37-26-23-35(8-4)40(31-37)38-14-11-18-48-49(38)39-13-9-10-17-47(39)54-48/h9-31H,5-8H2,1-4H3. The summed E-state index contributed by atoms with van der Waals surface area (Å²) < 4.78 is 6.38. The van der Waals surface area contributed by atoms with E-state index in [1.807, 2.05) is 0 Å². The fraction of sp³-hybridized carbons (Fsp3) is 0.160. The lowest BCUT2D eigenvalue weighted by Crippen LogP contribution is -2.61. The first-order chi connectivity index (χ1) is 26.6. The summed E-state index contributed by atoms with van der Waals surface area (Å²) in [6, 6.07) is 52.5. The van der Waals surface area contributed by atoms with Crippen LogP contribution in [-0.4, -0.2) is 6.71 Å². The number of para-hydroxylation sites is 1. The van der Waals surface area contributed by atoms with Crippen LogP contribution in [0.5, 0.6) is 0 Å². The summed E-state index contributed by atoms with van der Waals surface area (Å²) in [5.74, 6) is 0. The second kappa shape index (κ2) is 12.8. The Balaban J connectivity index is 1.24. The maximum atomic E-state index is 6.38. The van der Waals surface area contributed by atoms with Gasteiger partial charge in [0.15, 0.2) is 0 Å². The third-order valence-electron chi connectivity index (χ3n) is 12.0. The first-order valence-corrected chi connectivity index (χ1v) is 19.7. The van der Waals surface area contributed by atoms with Gasteiger partial charge in [-0.25, -0.2) is 0 Å². The normalized spacial score (nSPS) is 13.0. The molecule has 262 valence electrons. The molecule has 0 saturated heterocycles. The van der Waals surface area contributed by atoms with Crippen molar-refractivity contribution in [3.8, 4) is 11.1 Å². The molecular formula is C50H43BN2O. The number of rotatable bonds is 7. The molecule has 3 nitrogen and oxygen atoms in total. The van der Waals surface area contributed by atoms with Crippen LogP contribution in [-0.2, 0) is 25.7 Å². The molecule has 54 heavy (non-hydrogen) atoms. The lowest BCUT2D eigenvalue weighted by Gasteiger charge is -2.44. The molecule has 4 heteroatoms. The number of anilines is 6. The van der Waals surface area contributed by atoms with Crippen LogP contribution in [0.2, 0.25) is 0 Å². The van der Waals surface area contributed by atoms with E-state index in [1.165, 1.54) is 83.6 Å². The molecule has 1 aromatic heterocycles. The van der Waals surface area contributed by atoms with Crippen LogP contribution in [0.15, 0.2) is 144 Å². The number of nitrogens with zero attached hydrogens (tertiary/aromatic N) is 2. The molecule has 0 aliphatic carbocycles. The van der Waals surface area contributed by atoms with Crippen LogP contribution in [0.1, 0.15) is 49.9 Å². The van der Waals surface area contributed by atoms with Crippen molar-refractivity contribution in [3.63, 3.8) is 0 Å². The molecule has 3 heterocycles. The Labute approximate surface area is 318 Å². The molecule has 8 aromatic rings. The van der Waals surface area contributed by atoms with E-state index >= 15 is 0 Å². The number of furan rings is 1. The number of fused-ring (bicyclic) bond motifs is 7. The van der Waals surface area contributed by atoms with Crippen molar-refractivity contribution in [2.45, 2.75) is 53.4 Å². The Morgan fingerprint density at radius 3 is 1.72 bits per heavy atom. The van der Waals surface area contributed by atoms with E-state index in [2.05, 4.69) is 177 Å². The highest BCUT2D eigenvalue weighted by Gasteiger charge is 2.43. The largest absolute Gasteiger partial charge is 0.456 e. The highest BCUT2D eigenvalue weighted by molar-refractivity contribution is 7.00. The van der Waals surface area contributed by atoms with Crippen molar-refractivity contribution in [2.24, 2.45) is 0 Å². The molecule has 0 unspecified atom stereocenters. The zero-order chi connectivity index (χ0) is 36.5. The number of hydrogen-bond acceptors (Lipinski definition) is 3. The summed E-state index contributed by atoms with van der Waals surface area (Å²) in [5, 5.41) is 2.33. The van der Waals surface area contributed by atoms with Crippen molar-refractivity contribution >= 4 is 79.2 Å². The Morgan fingerprint density at radius 1 is 0.463 bits per heavy atom. The molecule has 0 atom stereocenters. The van der Waals surface area contributed by atoms with E-state index in [0.29, 0.717) is 0 Å². The first kappa shape index (κ1) is 32.6. The van der Waals surface area contributed by atoms with E-state index in [1.54, 1.807) is 0 Å². The van der Waals surface area contributed by atoms with Crippen LogP contribution >= 0.6 is 0 Å². The number of benzene rings is 7. The van der Waals surface area contributed by atoms with Crippen molar-refractivity contribution in [2.75, 3.05) is 9.80 Å². The van der Waals surface area contributed by atoms with E-state index < -0.39 is 0 Å². The van der Waals surface area contributed by atoms with E-state index in [9.17, 15) is 0 Å². The van der Waals surface area contributed by atoms with Crippen LogP contribution in [0.25, 0.3) is 33.1 Å². The third kappa shape index (κ3) is 4.89. The molecule has 2 aliphatic heterocycles. The fourth-order valence-electron chi connectivity index (χ4n) is 9.18. The average molecular weight is 699 g/mol. The Hall–Kier alpha value is -6.00. The van der Waals surface area contributed by atoms with E-state index in [-0.39, 0.29) is 6.71 Å². The highest BCUT2D eigenvalue weighted by atomic mass is 16.3. The van der Waals surface area contributed by atoms with Gasteiger partial charge in [-0.1, -0.05) is 107 Å². The third-order valence-corrected chi connectivity index (χ3v) is 12.0. The van der Waals surface area contributed by atoms with Gasteiger partial charge in [-0.15, -0.1) is 0 Å². The van der Waals surface area contributed by atoms with Crippen LogP contribution in [0, 0.1) is 0 Å². The predicted octanol–water partition coefficient (Wildman–Crippen LogP) is 11.6. The summed E-state index contributed by atoms with van der Waals surface area (Å²) >= 11 is 0. The minimum absolute atomic E-state index is 0.113. The van der Waals surface area contributed by atoms with Gasteiger partial charge < -0.3 is 14.2 Å². The van der Waals surface area contributed by atoms with Gasteiger partial charge in [0.25, 0.3) is 6.71 Å². The molecule has 0 amide bonds. The maximum absolute atomic E-state index is 6.38. The maximum Gasteiger partial charge on any atom is 0.252 e. The SMILES string of the molecule is CCc1ccc(N2c3ccc(CC)cc3B3c4cc(CC)ccc4N(c4ccc(CC)c(-c5cccc6oc7ccccc7c56)c4)c4cccc2c43)cc1. The Morgan fingerprint density at radius 2 is 1.06 bits per heavy atom. The lowest BCUT2D eigenvalue weighted by molar-refractivity contribution is 0.669. The monoisotopic (exact) mass is 698 g/mol. The Kier molecular flexibility index (Phi) is 7.76. The first-order valence-electron chi connectivity index (χ1n) is 19.7.